The number of aryl methyl sites for hydroxylation is 2. The van der Waals surface area contributed by atoms with Gasteiger partial charge < -0.3 is 5.32 Å². The Balaban J connectivity index is 2.50. The molecule has 0 bridgehead atoms. The maximum Gasteiger partial charge on any atom is 0.213 e. The Morgan fingerprint density at radius 1 is 1.42 bits per heavy atom. The fourth-order valence-corrected chi connectivity index (χ4v) is 2.68. The normalized spacial score (nSPS) is 12.3. The SMILES string of the molecule is CCc1nn(C)cc1CNS(=O)(=O)CCNC(C)C. The van der Waals surface area contributed by atoms with Gasteiger partial charge in [-0.3, -0.25) is 4.68 Å². The molecule has 7 heteroatoms. The van der Waals surface area contributed by atoms with E-state index in [9.17, 15) is 8.42 Å². The van der Waals surface area contributed by atoms with Gasteiger partial charge in [0.05, 0.1) is 11.4 Å². The predicted octanol–water partition coefficient (Wildman–Crippen LogP) is 0.400. The Labute approximate surface area is 115 Å². The lowest BCUT2D eigenvalue weighted by atomic mass is 10.2. The highest BCUT2D eigenvalue weighted by Gasteiger charge is 2.12. The fraction of sp³-hybridized carbons (Fsp3) is 0.750. The van der Waals surface area contributed by atoms with Crippen LogP contribution in [0, 0.1) is 0 Å². The molecule has 0 saturated heterocycles. The van der Waals surface area contributed by atoms with E-state index in [1.165, 1.54) is 0 Å². The molecule has 0 saturated carbocycles. The molecule has 0 aliphatic carbocycles. The fourth-order valence-electron chi connectivity index (χ4n) is 1.77. The molecule has 0 radical (unpaired) electrons. The number of nitrogens with zero attached hydrogens (tertiary/aromatic N) is 2. The van der Waals surface area contributed by atoms with Crippen LogP contribution in [-0.2, 0) is 30.0 Å². The first kappa shape index (κ1) is 16.1. The molecular weight excluding hydrogens is 264 g/mol. The van der Waals surface area contributed by atoms with Gasteiger partial charge in [0.15, 0.2) is 0 Å². The monoisotopic (exact) mass is 288 g/mol. The number of hydrogen-bond donors (Lipinski definition) is 2. The molecule has 0 fully saturated rings. The number of sulfonamides is 1. The average molecular weight is 288 g/mol. The summed E-state index contributed by atoms with van der Waals surface area (Å²) in [4.78, 5) is 0. The van der Waals surface area contributed by atoms with Gasteiger partial charge in [0.2, 0.25) is 10.0 Å². The zero-order chi connectivity index (χ0) is 14.5. The highest BCUT2D eigenvalue weighted by Crippen LogP contribution is 2.07. The average Bonchev–Trinajstić information content (AvgIpc) is 2.66. The Morgan fingerprint density at radius 2 is 2.11 bits per heavy atom. The number of hydrogen-bond acceptors (Lipinski definition) is 4. The van der Waals surface area contributed by atoms with E-state index in [0.717, 1.165) is 17.7 Å². The molecular formula is C12H24N4O2S. The van der Waals surface area contributed by atoms with E-state index in [1.807, 2.05) is 34.0 Å². The molecule has 1 aromatic heterocycles. The van der Waals surface area contributed by atoms with Crippen LogP contribution in [0.1, 0.15) is 32.0 Å². The smallest absolute Gasteiger partial charge is 0.213 e. The van der Waals surface area contributed by atoms with Gasteiger partial charge in [-0.2, -0.15) is 5.10 Å². The van der Waals surface area contributed by atoms with Crippen LogP contribution in [0.15, 0.2) is 6.20 Å². The third kappa shape index (κ3) is 5.71. The van der Waals surface area contributed by atoms with Gasteiger partial charge in [-0.15, -0.1) is 0 Å². The van der Waals surface area contributed by atoms with Crippen molar-refractivity contribution in [1.29, 1.82) is 0 Å². The Morgan fingerprint density at radius 3 is 2.68 bits per heavy atom. The van der Waals surface area contributed by atoms with Gasteiger partial charge in [-0.1, -0.05) is 20.8 Å². The van der Waals surface area contributed by atoms with Crippen LogP contribution >= 0.6 is 0 Å². The van der Waals surface area contributed by atoms with Crippen LogP contribution in [0.3, 0.4) is 0 Å². The Kier molecular flexibility index (Phi) is 5.96. The van der Waals surface area contributed by atoms with Gasteiger partial charge in [0.1, 0.15) is 0 Å². The molecule has 1 heterocycles. The van der Waals surface area contributed by atoms with Crippen molar-refractivity contribution >= 4 is 10.0 Å². The lowest BCUT2D eigenvalue weighted by Crippen LogP contribution is -2.34. The second-order valence-electron chi connectivity index (χ2n) is 4.88. The van der Waals surface area contributed by atoms with Gasteiger partial charge in [0, 0.05) is 37.9 Å². The van der Waals surface area contributed by atoms with E-state index in [-0.39, 0.29) is 5.75 Å². The third-order valence-corrected chi connectivity index (χ3v) is 4.06. The molecule has 0 aliphatic heterocycles. The summed E-state index contributed by atoms with van der Waals surface area (Å²) in [6.07, 6.45) is 2.65. The van der Waals surface area contributed by atoms with Crippen LogP contribution in [0.5, 0.6) is 0 Å². The number of nitrogens with one attached hydrogen (secondary N) is 2. The van der Waals surface area contributed by atoms with Crippen LogP contribution in [0.25, 0.3) is 0 Å². The zero-order valence-electron chi connectivity index (χ0n) is 12.1. The van der Waals surface area contributed by atoms with Crippen molar-refractivity contribution in [3.63, 3.8) is 0 Å². The van der Waals surface area contributed by atoms with E-state index in [1.54, 1.807) is 4.68 Å². The van der Waals surface area contributed by atoms with E-state index in [4.69, 9.17) is 0 Å². The van der Waals surface area contributed by atoms with E-state index in [2.05, 4.69) is 15.1 Å². The lowest BCUT2D eigenvalue weighted by Gasteiger charge is -2.09. The van der Waals surface area contributed by atoms with Gasteiger partial charge in [-0.05, 0) is 6.42 Å². The standard InChI is InChI=1S/C12H24N4O2S/c1-5-12-11(9-16(4)15-12)8-14-19(17,18)7-6-13-10(2)3/h9-10,13-14H,5-8H2,1-4H3. The summed E-state index contributed by atoms with van der Waals surface area (Å²) in [7, 11) is -1.40. The van der Waals surface area contributed by atoms with Crippen LogP contribution < -0.4 is 10.0 Å². The second kappa shape index (κ2) is 7.02. The molecule has 0 unspecified atom stereocenters. The van der Waals surface area contributed by atoms with Gasteiger partial charge in [0.25, 0.3) is 0 Å². The first-order chi connectivity index (χ1) is 8.84. The molecule has 110 valence electrons. The number of rotatable bonds is 8. The van der Waals surface area contributed by atoms with Crippen LogP contribution in [-0.4, -0.2) is 36.5 Å². The zero-order valence-corrected chi connectivity index (χ0v) is 12.9. The van der Waals surface area contributed by atoms with Gasteiger partial charge >= 0.3 is 0 Å². The van der Waals surface area contributed by atoms with Crippen molar-refractivity contribution in [2.24, 2.45) is 7.05 Å². The molecule has 1 rings (SSSR count). The molecule has 2 N–H and O–H groups in total. The summed E-state index contributed by atoms with van der Waals surface area (Å²) in [5, 5.41) is 7.38. The highest BCUT2D eigenvalue weighted by molar-refractivity contribution is 7.89. The first-order valence-electron chi connectivity index (χ1n) is 6.56. The topological polar surface area (TPSA) is 76.0 Å². The van der Waals surface area contributed by atoms with Crippen molar-refractivity contribution in [2.45, 2.75) is 39.8 Å². The molecule has 0 spiro atoms. The van der Waals surface area contributed by atoms with Crippen molar-refractivity contribution in [1.82, 2.24) is 19.8 Å². The molecule has 1 aromatic rings. The summed E-state index contributed by atoms with van der Waals surface area (Å²) in [5.74, 6) is 0.0902. The van der Waals surface area contributed by atoms with Crippen LogP contribution in [0.4, 0.5) is 0 Å². The summed E-state index contributed by atoms with van der Waals surface area (Å²) in [6.45, 7) is 6.75. The molecule has 0 aromatic carbocycles. The van der Waals surface area contributed by atoms with E-state index in [0.29, 0.717) is 19.1 Å². The third-order valence-electron chi connectivity index (χ3n) is 2.73. The summed E-state index contributed by atoms with van der Waals surface area (Å²) in [5.41, 5.74) is 1.87. The van der Waals surface area contributed by atoms with Crippen LogP contribution in [0.2, 0.25) is 0 Å². The minimum Gasteiger partial charge on any atom is -0.313 e. The first-order valence-corrected chi connectivity index (χ1v) is 8.21. The summed E-state index contributed by atoms with van der Waals surface area (Å²) >= 11 is 0. The highest BCUT2D eigenvalue weighted by atomic mass is 32.2. The Bertz CT molecular complexity index is 494. The Hall–Kier alpha value is -0.920. The minimum atomic E-state index is -3.24. The largest absolute Gasteiger partial charge is 0.313 e. The molecule has 19 heavy (non-hydrogen) atoms. The van der Waals surface area contributed by atoms with Crippen molar-refractivity contribution in [3.8, 4) is 0 Å². The molecule has 0 atom stereocenters. The lowest BCUT2D eigenvalue weighted by molar-refractivity contribution is 0.566. The van der Waals surface area contributed by atoms with E-state index >= 15 is 0 Å². The summed E-state index contributed by atoms with van der Waals surface area (Å²) < 4.78 is 28.0. The van der Waals surface area contributed by atoms with Gasteiger partial charge in [-0.25, -0.2) is 13.1 Å². The molecule has 6 nitrogen and oxygen atoms in total. The minimum absolute atomic E-state index is 0.0902. The maximum atomic E-state index is 11.8. The molecule has 0 aliphatic rings. The van der Waals surface area contributed by atoms with Crippen molar-refractivity contribution in [3.05, 3.63) is 17.5 Å². The number of aromatic nitrogens is 2. The summed E-state index contributed by atoms with van der Waals surface area (Å²) in [6, 6.07) is 0.292. The van der Waals surface area contributed by atoms with Crippen molar-refractivity contribution in [2.75, 3.05) is 12.3 Å². The van der Waals surface area contributed by atoms with E-state index < -0.39 is 10.0 Å². The predicted molar refractivity (Wildman–Crippen MR) is 76.4 cm³/mol. The van der Waals surface area contributed by atoms with Crippen molar-refractivity contribution < 1.29 is 8.42 Å². The maximum absolute atomic E-state index is 11.8. The molecule has 0 amide bonds. The quantitative estimate of drug-likeness (QED) is 0.726. The second-order valence-corrected chi connectivity index (χ2v) is 6.80.